The molecule has 2 heterocycles. The van der Waals surface area contributed by atoms with Gasteiger partial charge in [-0.3, -0.25) is 14.6 Å². The highest BCUT2D eigenvalue weighted by Crippen LogP contribution is 2.31. The first-order valence-electron chi connectivity index (χ1n) is 8.18. The number of carbonyl (C=O) groups is 2. The number of amides is 1. The maximum atomic E-state index is 12.8. The topological polar surface area (TPSA) is 81.1 Å². The predicted molar refractivity (Wildman–Crippen MR) is 88.5 cm³/mol. The first-order chi connectivity index (χ1) is 11.6. The zero-order valence-corrected chi connectivity index (χ0v) is 14.3. The number of ether oxygens (including phenoxy) is 2. The fourth-order valence-electron chi connectivity index (χ4n) is 2.60. The summed E-state index contributed by atoms with van der Waals surface area (Å²) in [6.07, 6.45) is 2.66. The number of nitrogens with zero attached hydrogens (tertiary/aromatic N) is 3. The monoisotopic (exact) mass is 333 g/mol. The van der Waals surface area contributed by atoms with Crippen molar-refractivity contribution in [2.75, 3.05) is 19.7 Å². The zero-order valence-electron chi connectivity index (χ0n) is 14.3. The van der Waals surface area contributed by atoms with Gasteiger partial charge in [0.2, 0.25) is 0 Å². The van der Waals surface area contributed by atoms with Crippen LogP contribution in [0.3, 0.4) is 0 Å². The molecule has 0 fully saturated rings. The van der Waals surface area contributed by atoms with Crippen molar-refractivity contribution < 1.29 is 19.1 Å². The number of likely N-dealkylation sites (N-methyl/N-ethyl adjacent to an activating group) is 1. The van der Waals surface area contributed by atoms with Gasteiger partial charge in [0.1, 0.15) is 6.42 Å². The maximum absolute atomic E-state index is 12.8. The summed E-state index contributed by atoms with van der Waals surface area (Å²) in [5, 5.41) is 0. The van der Waals surface area contributed by atoms with Gasteiger partial charge >= 0.3 is 5.97 Å². The van der Waals surface area contributed by atoms with Gasteiger partial charge in [-0.1, -0.05) is 0 Å². The molecule has 130 valence electrons. The average molecular weight is 333 g/mol. The van der Waals surface area contributed by atoms with Crippen LogP contribution < -0.4 is 0 Å². The number of aliphatic imine (C=N–C) groups is 1. The molecule has 1 aromatic rings. The molecule has 0 radical (unpaired) electrons. The van der Waals surface area contributed by atoms with E-state index in [2.05, 4.69) is 9.98 Å². The lowest BCUT2D eigenvalue weighted by Crippen LogP contribution is -2.39. The Morgan fingerprint density at radius 2 is 1.88 bits per heavy atom. The minimum atomic E-state index is -0.697. The number of rotatable bonds is 7. The van der Waals surface area contributed by atoms with Gasteiger partial charge in [-0.15, -0.1) is 0 Å². The first-order valence-corrected chi connectivity index (χ1v) is 8.18. The molecule has 2 unspecified atom stereocenters. The van der Waals surface area contributed by atoms with Crippen LogP contribution in [-0.4, -0.2) is 53.4 Å². The second-order valence-corrected chi connectivity index (χ2v) is 5.28. The van der Waals surface area contributed by atoms with Gasteiger partial charge in [0.15, 0.2) is 18.0 Å². The summed E-state index contributed by atoms with van der Waals surface area (Å²) in [7, 11) is 0. The number of aromatic nitrogens is 1. The van der Waals surface area contributed by atoms with E-state index in [1.165, 1.54) is 0 Å². The van der Waals surface area contributed by atoms with E-state index in [-0.39, 0.29) is 18.2 Å². The van der Waals surface area contributed by atoms with Gasteiger partial charge in [0.25, 0.3) is 5.91 Å². The molecular formula is C17H23N3O4. The Balaban J connectivity index is 2.23. The van der Waals surface area contributed by atoms with E-state index in [1.807, 2.05) is 13.8 Å². The molecule has 1 aliphatic rings. The molecule has 0 N–H and O–H groups in total. The number of hydrogen-bond acceptors (Lipinski definition) is 6. The van der Waals surface area contributed by atoms with Crippen molar-refractivity contribution in [1.29, 1.82) is 0 Å². The standard InChI is InChI=1S/C17H23N3O4/c1-4-20(5-2)17(22)15-16(12-7-9-18-10-8-12)24-13(19-15)11-14(21)23-6-3/h7-10,15-16H,4-6,11H2,1-3H3. The Morgan fingerprint density at radius 1 is 1.21 bits per heavy atom. The second kappa shape index (κ2) is 8.42. The molecule has 0 bridgehead atoms. The van der Waals surface area contributed by atoms with Gasteiger partial charge in [-0.2, -0.15) is 0 Å². The van der Waals surface area contributed by atoms with Crippen LogP contribution in [-0.2, 0) is 19.1 Å². The highest BCUT2D eigenvalue weighted by Gasteiger charge is 2.39. The molecule has 1 amide bonds. The van der Waals surface area contributed by atoms with E-state index < -0.39 is 18.1 Å². The molecule has 7 heteroatoms. The normalized spacial score (nSPS) is 19.4. The SMILES string of the molecule is CCOC(=O)CC1=NC(C(=O)N(CC)CC)C(c2ccncc2)O1. The molecule has 0 saturated carbocycles. The van der Waals surface area contributed by atoms with Crippen LogP contribution in [0.15, 0.2) is 29.5 Å². The van der Waals surface area contributed by atoms with Crippen LogP contribution in [0.4, 0.5) is 0 Å². The molecule has 2 atom stereocenters. The number of carbonyl (C=O) groups excluding carboxylic acids is 2. The summed E-state index contributed by atoms with van der Waals surface area (Å²) in [6, 6.07) is 2.88. The van der Waals surface area contributed by atoms with Crippen molar-refractivity contribution in [2.45, 2.75) is 39.3 Å². The van der Waals surface area contributed by atoms with E-state index in [1.54, 1.807) is 36.4 Å². The van der Waals surface area contributed by atoms with Gasteiger partial charge < -0.3 is 14.4 Å². The Labute approximate surface area is 141 Å². The fraction of sp³-hybridized carbons (Fsp3) is 0.529. The van der Waals surface area contributed by atoms with Gasteiger partial charge in [-0.25, -0.2) is 4.99 Å². The van der Waals surface area contributed by atoms with Crippen molar-refractivity contribution in [3.05, 3.63) is 30.1 Å². The summed E-state index contributed by atoms with van der Waals surface area (Å²) >= 11 is 0. The lowest BCUT2D eigenvalue weighted by molar-refractivity contribution is -0.141. The Bertz CT molecular complexity index is 599. The molecule has 0 spiro atoms. The smallest absolute Gasteiger partial charge is 0.315 e. The maximum Gasteiger partial charge on any atom is 0.315 e. The predicted octanol–water partition coefficient (Wildman–Crippen LogP) is 1.74. The zero-order chi connectivity index (χ0) is 17.5. The Hall–Kier alpha value is -2.44. The first kappa shape index (κ1) is 17.9. The third-order valence-corrected chi connectivity index (χ3v) is 3.80. The van der Waals surface area contributed by atoms with Crippen LogP contribution in [0.25, 0.3) is 0 Å². The summed E-state index contributed by atoms with van der Waals surface area (Å²) in [5.74, 6) is -0.290. The van der Waals surface area contributed by atoms with Crippen LogP contribution in [0, 0.1) is 0 Å². The molecule has 1 aromatic heterocycles. The molecule has 0 saturated heterocycles. The molecular weight excluding hydrogens is 310 g/mol. The largest absolute Gasteiger partial charge is 0.469 e. The van der Waals surface area contributed by atoms with Crippen LogP contribution in [0.1, 0.15) is 38.9 Å². The Kier molecular flexibility index (Phi) is 6.28. The minimum absolute atomic E-state index is 0.0720. The lowest BCUT2D eigenvalue weighted by Gasteiger charge is -2.24. The number of hydrogen-bond donors (Lipinski definition) is 0. The minimum Gasteiger partial charge on any atom is -0.469 e. The van der Waals surface area contributed by atoms with Crippen LogP contribution in [0.2, 0.25) is 0 Å². The average Bonchev–Trinajstić information content (AvgIpc) is 3.00. The summed E-state index contributed by atoms with van der Waals surface area (Å²) in [6.45, 7) is 7.06. The molecule has 0 aromatic carbocycles. The van der Waals surface area contributed by atoms with Crippen molar-refractivity contribution in [3.63, 3.8) is 0 Å². The van der Waals surface area contributed by atoms with E-state index in [0.29, 0.717) is 19.7 Å². The van der Waals surface area contributed by atoms with Crippen molar-refractivity contribution in [3.8, 4) is 0 Å². The quantitative estimate of drug-likeness (QED) is 0.710. The Morgan fingerprint density at radius 3 is 2.46 bits per heavy atom. The third kappa shape index (κ3) is 4.10. The van der Waals surface area contributed by atoms with E-state index in [9.17, 15) is 9.59 Å². The molecule has 1 aliphatic heterocycles. The molecule has 24 heavy (non-hydrogen) atoms. The van der Waals surface area contributed by atoms with Crippen LogP contribution in [0.5, 0.6) is 0 Å². The lowest BCUT2D eigenvalue weighted by atomic mass is 10.0. The number of esters is 1. The fourth-order valence-corrected chi connectivity index (χ4v) is 2.60. The van der Waals surface area contributed by atoms with E-state index in [4.69, 9.17) is 9.47 Å². The van der Waals surface area contributed by atoms with E-state index >= 15 is 0 Å². The van der Waals surface area contributed by atoms with Gasteiger partial charge in [-0.05, 0) is 38.5 Å². The summed E-state index contributed by atoms with van der Waals surface area (Å²) in [4.78, 5) is 34.5. The highest BCUT2D eigenvalue weighted by atomic mass is 16.5. The van der Waals surface area contributed by atoms with Crippen molar-refractivity contribution in [1.82, 2.24) is 9.88 Å². The number of pyridine rings is 1. The summed E-state index contributed by atoms with van der Waals surface area (Å²) < 4.78 is 10.7. The molecule has 2 rings (SSSR count). The third-order valence-electron chi connectivity index (χ3n) is 3.80. The van der Waals surface area contributed by atoms with E-state index in [0.717, 1.165) is 5.56 Å². The van der Waals surface area contributed by atoms with Crippen LogP contribution >= 0.6 is 0 Å². The van der Waals surface area contributed by atoms with Gasteiger partial charge in [0.05, 0.1) is 6.61 Å². The van der Waals surface area contributed by atoms with Crippen molar-refractivity contribution in [2.24, 2.45) is 4.99 Å². The molecule has 0 aliphatic carbocycles. The van der Waals surface area contributed by atoms with Crippen molar-refractivity contribution >= 4 is 17.8 Å². The highest BCUT2D eigenvalue weighted by molar-refractivity contribution is 5.98. The summed E-state index contributed by atoms with van der Waals surface area (Å²) in [5.41, 5.74) is 0.804. The molecule has 7 nitrogen and oxygen atoms in total. The second-order valence-electron chi connectivity index (χ2n) is 5.28. The van der Waals surface area contributed by atoms with Gasteiger partial charge in [0, 0.05) is 25.5 Å².